The summed E-state index contributed by atoms with van der Waals surface area (Å²) in [5.41, 5.74) is 6.97. The molecule has 0 saturated heterocycles. The van der Waals surface area contributed by atoms with Gasteiger partial charge < -0.3 is 11.1 Å². The maximum Gasteiger partial charge on any atom is 0.230 e. The lowest BCUT2D eigenvalue weighted by molar-refractivity contribution is -0.129. The molecule has 25 heavy (non-hydrogen) atoms. The molecular formula is C21H33ClN2O. The van der Waals surface area contributed by atoms with Crippen LogP contribution in [-0.2, 0) is 10.2 Å². The number of hydrogen-bond donors (Lipinski definition) is 2. The first-order chi connectivity index (χ1) is 11.6. The number of hydrogen-bond acceptors (Lipinski definition) is 2. The van der Waals surface area contributed by atoms with E-state index in [4.69, 9.17) is 5.73 Å². The Kier molecular flexibility index (Phi) is 6.93. The first-order valence-corrected chi connectivity index (χ1v) is 9.72. The minimum atomic E-state index is -0.408. The summed E-state index contributed by atoms with van der Waals surface area (Å²) in [4.78, 5) is 13.4. The van der Waals surface area contributed by atoms with Crippen LogP contribution in [-0.4, -0.2) is 18.0 Å². The number of benzene rings is 1. The Bertz CT molecular complexity index is 544. The standard InChI is InChI=1S/C21H32N2O.ClH/c1-3-21(4-2,17-11-6-5-7-12-17)20(24)23-19-15-9-8-10-16(19)14-18(22)13-15;/h5-7,11-12,15-16,18-19H,3-4,8-10,13-14,22H2,1-2H3,(H,23,24);1H. The molecule has 2 aliphatic carbocycles. The van der Waals surface area contributed by atoms with E-state index in [-0.39, 0.29) is 18.3 Å². The van der Waals surface area contributed by atoms with Crippen LogP contribution in [0.4, 0.5) is 0 Å². The first kappa shape index (κ1) is 20.3. The molecule has 140 valence electrons. The van der Waals surface area contributed by atoms with Crippen LogP contribution in [0.3, 0.4) is 0 Å². The van der Waals surface area contributed by atoms with Gasteiger partial charge in [-0.15, -0.1) is 12.4 Å². The van der Waals surface area contributed by atoms with E-state index in [9.17, 15) is 4.79 Å². The number of nitrogens with two attached hydrogens (primary N) is 1. The van der Waals surface area contributed by atoms with Crippen molar-refractivity contribution in [2.75, 3.05) is 0 Å². The van der Waals surface area contributed by atoms with Crippen LogP contribution < -0.4 is 11.1 Å². The average molecular weight is 365 g/mol. The van der Waals surface area contributed by atoms with Crippen molar-refractivity contribution in [2.24, 2.45) is 17.6 Å². The predicted molar refractivity (Wildman–Crippen MR) is 106 cm³/mol. The monoisotopic (exact) mass is 364 g/mol. The number of carbonyl (C=O) groups is 1. The molecular weight excluding hydrogens is 332 g/mol. The molecule has 2 bridgehead atoms. The van der Waals surface area contributed by atoms with Gasteiger partial charge in [0.15, 0.2) is 0 Å². The number of rotatable bonds is 5. The highest BCUT2D eigenvalue weighted by Crippen LogP contribution is 2.41. The molecule has 4 heteroatoms. The molecule has 3 N–H and O–H groups in total. The van der Waals surface area contributed by atoms with E-state index in [1.807, 2.05) is 18.2 Å². The highest BCUT2D eigenvalue weighted by atomic mass is 35.5. The lowest BCUT2D eigenvalue weighted by atomic mass is 9.66. The van der Waals surface area contributed by atoms with Crippen molar-refractivity contribution >= 4 is 18.3 Å². The fourth-order valence-corrected chi connectivity index (χ4v) is 5.18. The molecule has 0 radical (unpaired) electrons. The van der Waals surface area contributed by atoms with Crippen LogP contribution in [0.1, 0.15) is 64.4 Å². The van der Waals surface area contributed by atoms with Gasteiger partial charge in [-0.2, -0.15) is 0 Å². The van der Waals surface area contributed by atoms with E-state index in [0.29, 0.717) is 23.9 Å². The molecule has 0 aromatic heterocycles. The molecule has 0 aliphatic heterocycles. The zero-order valence-electron chi connectivity index (χ0n) is 15.5. The van der Waals surface area contributed by atoms with Crippen LogP contribution in [0.2, 0.25) is 0 Å². The molecule has 1 aromatic rings. The van der Waals surface area contributed by atoms with Crippen LogP contribution in [0.15, 0.2) is 30.3 Å². The Hall–Kier alpha value is -1.06. The molecule has 0 heterocycles. The maximum atomic E-state index is 13.4. The largest absolute Gasteiger partial charge is 0.352 e. The molecule has 2 fully saturated rings. The number of carbonyl (C=O) groups excluding carboxylic acids is 1. The van der Waals surface area contributed by atoms with E-state index in [1.54, 1.807) is 0 Å². The average Bonchev–Trinajstić information content (AvgIpc) is 2.58. The van der Waals surface area contributed by atoms with Crippen LogP contribution in [0.5, 0.6) is 0 Å². The van der Waals surface area contributed by atoms with Gasteiger partial charge >= 0.3 is 0 Å². The third-order valence-electron chi connectivity index (χ3n) is 6.64. The van der Waals surface area contributed by atoms with E-state index in [0.717, 1.165) is 31.2 Å². The van der Waals surface area contributed by atoms with Gasteiger partial charge in [-0.3, -0.25) is 4.79 Å². The fourth-order valence-electron chi connectivity index (χ4n) is 5.18. The summed E-state index contributed by atoms with van der Waals surface area (Å²) in [6, 6.07) is 10.9. The Morgan fingerprint density at radius 3 is 2.20 bits per heavy atom. The minimum Gasteiger partial charge on any atom is -0.352 e. The summed E-state index contributed by atoms with van der Waals surface area (Å²) in [7, 11) is 0. The molecule has 3 nitrogen and oxygen atoms in total. The first-order valence-electron chi connectivity index (χ1n) is 9.72. The van der Waals surface area contributed by atoms with Gasteiger partial charge in [0.25, 0.3) is 0 Å². The molecule has 2 aliphatic rings. The Balaban J connectivity index is 0.00000225. The summed E-state index contributed by atoms with van der Waals surface area (Å²) in [5, 5.41) is 3.49. The highest BCUT2D eigenvalue weighted by molar-refractivity contribution is 5.88. The molecule has 1 aromatic carbocycles. The van der Waals surface area contributed by atoms with Gasteiger partial charge in [0.05, 0.1) is 5.41 Å². The number of fused-ring (bicyclic) bond motifs is 2. The van der Waals surface area contributed by atoms with E-state index in [1.165, 1.54) is 19.3 Å². The molecule has 2 unspecified atom stereocenters. The van der Waals surface area contributed by atoms with Crippen molar-refractivity contribution in [1.82, 2.24) is 5.32 Å². The maximum absolute atomic E-state index is 13.4. The molecule has 2 atom stereocenters. The highest BCUT2D eigenvalue weighted by Gasteiger charge is 2.43. The van der Waals surface area contributed by atoms with Gasteiger partial charge in [-0.1, -0.05) is 50.6 Å². The Labute approximate surface area is 158 Å². The SMILES string of the molecule is CCC(CC)(C(=O)NC1C2CCCC1CC(N)C2)c1ccccc1.Cl. The molecule has 1 amide bonds. The fraction of sp³-hybridized carbons (Fsp3) is 0.667. The van der Waals surface area contributed by atoms with Gasteiger partial charge in [0.1, 0.15) is 0 Å². The van der Waals surface area contributed by atoms with Gasteiger partial charge in [0.2, 0.25) is 5.91 Å². The van der Waals surface area contributed by atoms with Crippen LogP contribution in [0, 0.1) is 11.8 Å². The van der Waals surface area contributed by atoms with E-state index >= 15 is 0 Å². The van der Waals surface area contributed by atoms with Crippen LogP contribution >= 0.6 is 12.4 Å². The topological polar surface area (TPSA) is 55.1 Å². The zero-order valence-corrected chi connectivity index (χ0v) is 16.4. The lowest BCUT2D eigenvalue weighted by Gasteiger charge is -2.46. The number of amides is 1. The van der Waals surface area contributed by atoms with E-state index in [2.05, 4.69) is 31.3 Å². The second kappa shape index (κ2) is 8.55. The van der Waals surface area contributed by atoms with Crippen molar-refractivity contribution in [3.8, 4) is 0 Å². The van der Waals surface area contributed by atoms with Crippen molar-refractivity contribution in [1.29, 1.82) is 0 Å². The Morgan fingerprint density at radius 1 is 1.12 bits per heavy atom. The third-order valence-corrected chi connectivity index (χ3v) is 6.64. The van der Waals surface area contributed by atoms with Crippen molar-refractivity contribution in [3.05, 3.63) is 35.9 Å². The smallest absolute Gasteiger partial charge is 0.230 e. The van der Waals surface area contributed by atoms with Gasteiger partial charge in [-0.05, 0) is 55.9 Å². The van der Waals surface area contributed by atoms with Crippen molar-refractivity contribution < 1.29 is 4.79 Å². The summed E-state index contributed by atoms with van der Waals surface area (Å²) >= 11 is 0. The second-order valence-corrected chi connectivity index (χ2v) is 7.84. The summed E-state index contributed by atoms with van der Waals surface area (Å²) in [5.74, 6) is 1.35. The normalized spacial score (nSPS) is 28.8. The van der Waals surface area contributed by atoms with Gasteiger partial charge in [-0.25, -0.2) is 0 Å². The Morgan fingerprint density at radius 2 is 1.68 bits per heavy atom. The summed E-state index contributed by atoms with van der Waals surface area (Å²) in [6.45, 7) is 4.27. The predicted octanol–water partition coefficient (Wildman–Crippen LogP) is 4.19. The molecule has 3 rings (SSSR count). The van der Waals surface area contributed by atoms with Gasteiger partial charge in [0, 0.05) is 12.1 Å². The second-order valence-electron chi connectivity index (χ2n) is 7.84. The minimum absolute atomic E-state index is 0. The summed E-state index contributed by atoms with van der Waals surface area (Å²) < 4.78 is 0. The summed E-state index contributed by atoms with van der Waals surface area (Å²) in [6.07, 6.45) is 7.52. The van der Waals surface area contributed by atoms with E-state index < -0.39 is 5.41 Å². The zero-order chi connectivity index (χ0) is 17.2. The van der Waals surface area contributed by atoms with Crippen molar-refractivity contribution in [3.63, 3.8) is 0 Å². The third kappa shape index (κ3) is 3.88. The number of halogens is 1. The molecule has 2 saturated carbocycles. The van der Waals surface area contributed by atoms with Crippen LogP contribution in [0.25, 0.3) is 0 Å². The lowest BCUT2D eigenvalue weighted by Crippen LogP contribution is -2.57. The van der Waals surface area contributed by atoms with Crippen molar-refractivity contribution in [2.45, 2.75) is 76.3 Å². The number of nitrogens with one attached hydrogen (secondary N) is 1. The quantitative estimate of drug-likeness (QED) is 0.823. The molecule has 0 spiro atoms.